The number of ether oxygens (including phenoxy) is 1. The van der Waals surface area contributed by atoms with E-state index < -0.39 is 6.09 Å². The highest BCUT2D eigenvalue weighted by Crippen LogP contribution is 2.23. The lowest BCUT2D eigenvalue weighted by atomic mass is 10.0. The molecule has 0 aliphatic carbocycles. The molecule has 1 aliphatic rings. The van der Waals surface area contributed by atoms with Crippen molar-refractivity contribution in [2.45, 2.75) is 39.0 Å². The molecule has 6 heteroatoms. The molecule has 0 unspecified atom stereocenters. The molecule has 0 bridgehead atoms. The molecule has 1 aliphatic heterocycles. The second-order valence-electron chi connectivity index (χ2n) is 6.35. The number of rotatable bonds is 6. The highest BCUT2D eigenvalue weighted by Gasteiger charge is 2.28. The van der Waals surface area contributed by atoms with Crippen LogP contribution in [0.15, 0.2) is 36.7 Å². The molecule has 0 saturated heterocycles. The largest absolute Gasteiger partial charge is 0.449 e. The van der Waals surface area contributed by atoms with Crippen LogP contribution >= 0.6 is 0 Å². The standard InChI is InChI=1S/C20H24N4O2/c1-2-3-4-5-14-26-20(25)24-13-10-18-16(19(24)21)6-7-17(23-18)15-8-11-22-12-9-15/h6-9,11-12,21H,2-5,10,13-14H2,1H3. The zero-order chi connectivity index (χ0) is 18.4. The molecular formula is C20H24N4O2. The number of hydrogen-bond acceptors (Lipinski definition) is 5. The van der Waals surface area contributed by atoms with E-state index in [4.69, 9.17) is 10.1 Å². The van der Waals surface area contributed by atoms with Gasteiger partial charge in [0.15, 0.2) is 0 Å². The Balaban J connectivity index is 1.66. The minimum atomic E-state index is -0.435. The van der Waals surface area contributed by atoms with Gasteiger partial charge in [-0.3, -0.25) is 20.3 Å². The van der Waals surface area contributed by atoms with E-state index in [0.29, 0.717) is 25.1 Å². The average Bonchev–Trinajstić information content (AvgIpc) is 2.68. The Labute approximate surface area is 153 Å². The lowest BCUT2D eigenvalue weighted by Crippen LogP contribution is -2.42. The van der Waals surface area contributed by atoms with E-state index in [1.165, 1.54) is 4.90 Å². The second kappa shape index (κ2) is 8.56. The van der Waals surface area contributed by atoms with Crippen LogP contribution in [0.1, 0.15) is 43.9 Å². The number of carbonyl (C=O) groups excluding carboxylic acids is 1. The van der Waals surface area contributed by atoms with Crippen LogP contribution in [0, 0.1) is 5.41 Å². The number of amides is 1. The Morgan fingerprint density at radius 2 is 2.00 bits per heavy atom. The third-order valence-corrected chi connectivity index (χ3v) is 4.49. The van der Waals surface area contributed by atoms with E-state index in [0.717, 1.165) is 42.6 Å². The number of nitrogens with zero attached hydrogens (tertiary/aromatic N) is 3. The summed E-state index contributed by atoms with van der Waals surface area (Å²) in [6, 6.07) is 7.56. The monoisotopic (exact) mass is 352 g/mol. The van der Waals surface area contributed by atoms with Crippen LogP contribution < -0.4 is 0 Å². The van der Waals surface area contributed by atoms with Crippen molar-refractivity contribution in [3.63, 3.8) is 0 Å². The highest BCUT2D eigenvalue weighted by molar-refractivity contribution is 6.06. The number of hydrogen-bond donors (Lipinski definition) is 1. The van der Waals surface area contributed by atoms with Crippen molar-refractivity contribution in [2.75, 3.05) is 13.2 Å². The summed E-state index contributed by atoms with van der Waals surface area (Å²) in [5.41, 5.74) is 3.38. The Bertz CT molecular complexity index is 777. The number of nitrogens with one attached hydrogen (secondary N) is 1. The summed E-state index contributed by atoms with van der Waals surface area (Å²) in [6.07, 6.45) is 7.87. The number of pyridine rings is 2. The van der Waals surface area contributed by atoms with Crippen molar-refractivity contribution in [2.24, 2.45) is 0 Å². The SMILES string of the molecule is CCCCCCOC(=O)N1CCc2nc(-c3ccncc3)ccc2C1=N. The molecule has 1 amide bonds. The second-order valence-corrected chi connectivity index (χ2v) is 6.35. The van der Waals surface area contributed by atoms with Crippen molar-refractivity contribution >= 4 is 11.9 Å². The Morgan fingerprint density at radius 3 is 2.77 bits per heavy atom. The van der Waals surface area contributed by atoms with Gasteiger partial charge in [-0.05, 0) is 30.7 Å². The number of unbranched alkanes of at least 4 members (excludes halogenated alkanes) is 3. The minimum Gasteiger partial charge on any atom is -0.449 e. The molecule has 2 aromatic heterocycles. The van der Waals surface area contributed by atoms with Crippen LogP contribution in [0.5, 0.6) is 0 Å². The highest BCUT2D eigenvalue weighted by atomic mass is 16.6. The van der Waals surface area contributed by atoms with Gasteiger partial charge in [-0.1, -0.05) is 26.2 Å². The van der Waals surface area contributed by atoms with E-state index in [1.807, 2.05) is 24.3 Å². The van der Waals surface area contributed by atoms with Crippen molar-refractivity contribution in [3.8, 4) is 11.3 Å². The van der Waals surface area contributed by atoms with Gasteiger partial charge in [0.05, 0.1) is 18.0 Å². The zero-order valence-corrected chi connectivity index (χ0v) is 15.1. The quantitative estimate of drug-likeness (QED) is 0.796. The molecule has 3 heterocycles. The third-order valence-electron chi connectivity index (χ3n) is 4.49. The number of aromatic nitrogens is 2. The molecule has 3 rings (SSSR count). The van der Waals surface area contributed by atoms with Gasteiger partial charge < -0.3 is 4.74 Å². The lowest BCUT2D eigenvalue weighted by Gasteiger charge is -2.28. The predicted molar refractivity (Wildman–Crippen MR) is 100 cm³/mol. The van der Waals surface area contributed by atoms with E-state index in [-0.39, 0.29) is 5.84 Å². The van der Waals surface area contributed by atoms with E-state index in [1.54, 1.807) is 12.4 Å². The first kappa shape index (κ1) is 18.0. The first-order valence-corrected chi connectivity index (χ1v) is 9.14. The molecule has 6 nitrogen and oxygen atoms in total. The summed E-state index contributed by atoms with van der Waals surface area (Å²) in [5, 5.41) is 8.35. The van der Waals surface area contributed by atoms with E-state index >= 15 is 0 Å². The van der Waals surface area contributed by atoms with E-state index in [9.17, 15) is 4.79 Å². The Hall–Kier alpha value is -2.76. The first-order valence-electron chi connectivity index (χ1n) is 9.14. The topological polar surface area (TPSA) is 79.2 Å². The van der Waals surface area contributed by atoms with Gasteiger partial charge in [0.2, 0.25) is 0 Å². The van der Waals surface area contributed by atoms with Gasteiger partial charge in [-0.15, -0.1) is 0 Å². The van der Waals surface area contributed by atoms with Gasteiger partial charge in [0.1, 0.15) is 5.84 Å². The zero-order valence-electron chi connectivity index (χ0n) is 15.1. The smallest absolute Gasteiger partial charge is 0.415 e. The van der Waals surface area contributed by atoms with Gasteiger partial charge in [0.25, 0.3) is 0 Å². The van der Waals surface area contributed by atoms with E-state index in [2.05, 4.69) is 16.9 Å². The molecule has 0 spiro atoms. The van der Waals surface area contributed by atoms with Gasteiger partial charge in [-0.2, -0.15) is 0 Å². The molecule has 136 valence electrons. The molecule has 0 radical (unpaired) electrons. The number of fused-ring (bicyclic) bond motifs is 1. The van der Waals surface area contributed by atoms with Crippen LogP contribution in [0.25, 0.3) is 11.3 Å². The summed E-state index contributed by atoms with van der Waals surface area (Å²) in [5.74, 6) is 0.165. The molecule has 0 saturated carbocycles. The normalized spacial score (nSPS) is 13.4. The Kier molecular flexibility index (Phi) is 5.94. The maximum absolute atomic E-state index is 12.3. The molecule has 0 aromatic carbocycles. The summed E-state index contributed by atoms with van der Waals surface area (Å²) in [6.45, 7) is 2.98. The Morgan fingerprint density at radius 1 is 1.19 bits per heavy atom. The van der Waals surface area contributed by atoms with Gasteiger partial charge >= 0.3 is 6.09 Å². The summed E-state index contributed by atoms with van der Waals surface area (Å²) < 4.78 is 5.33. The third kappa shape index (κ3) is 4.07. The number of amidine groups is 1. The first-order chi connectivity index (χ1) is 12.7. The average molecular weight is 352 g/mol. The fourth-order valence-electron chi connectivity index (χ4n) is 3.01. The predicted octanol–water partition coefficient (Wildman–Crippen LogP) is 4.04. The van der Waals surface area contributed by atoms with Gasteiger partial charge in [-0.25, -0.2) is 4.79 Å². The van der Waals surface area contributed by atoms with Crippen LogP contribution in [0.4, 0.5) is 4.79 Å². The summed E-state index contributed by atoms with van der Waals surface area (Å²) in [7, 11) is 0. The lowest BCUT2D eigenvalue weighted by molar-refractivity contribution is 0.120. The molecule has 1 N–H and O–H groups in total. The minimum absolute atomic E-state index is 0.165. The molecule has 0 fully saturated rings. The van der Waals surface area contributed by atoms with Crippen LogP contribution in [-0.2, 0) is 11.2 Å². The molecule has 26 heavy (non-hydrogen) atoms. The number of carbonyl (C=O) groups is 1. The summed E-state index contributed by atoms with van der Waals surface area (Å²) >= 11 is 0. The molecule has 2 aromatic rings. The van der Waals surface area contributed by atoms with Crippen molar-refractivity contribution in [3.05, 3.63) is 47.9 Å². The van der Waals surface area contributed by atoms with Crippen molar-refractivity contribution in [1.82, 2.24) is 14.9 Å². The maximum Gasteiger partial charge on any atom is 0.415 e. The van der Waals surface area contributed by atoms with Crippen molar-refractivity contribution < 1.29 is 9.53 Å². The van der Waals surface area contributed by atoms with Crippen molar-refractivity contribution in [1.29, 1.82) is 5.41 Å². The maximum atomic E-state index is 12.3. The molecular weight excluding hydrogens is 328 g/mol. The van der Waals surface area contributed by atoms with Crippen LogP contribution in [-0.4, -0.2) is 39.9 Å². The van der Waals surface area contributed by atoms with Gasteiger partial charge in [0, 0.05) is 36.5 Å². The molecule has 0 atom stereocenters. The summed E-state index contributed by atoms with van der Waals surface area (Å²) in [4.78, 5) is 22.4. The fraction of sp³-hybridized carbons (Fsp3) is 0.400. The van der Waals surface area contributed by atoms with Crippen LogP contribution in [0.2, 0.25) is 0 Å². The fourth-order valence-corrected chi connectivity index (χ4v) is 3.01. The van der Waals surface area contributed by atoms with Crippen LogP contribution in [0.3, 0.4) is 0 Å².